The fourth-order valence-corrected chi connectivity index (χ4v) is 3.36. The molecule has 0 fully saturated rings. The highest BCUT2D eigenvalue weighted by molar-refractivity contribution is 8.38. The Morgan fingerprint density at radius 2 is 1.83 bits per heavy atom. The topological polar surface area (TPSA) is 29.4 Å². The van der Waals surface area contributed by atoms with Gasteiger partial charge >= 0.3 is 0 Å². The molecule has 0 aliphatic rings. The maximum Gasteiger partial charge on any atom is 0.280 e. The summed E-state index contributed by atoms with van der Waals surface area (Å²) in [5.74, 6) is 1.41. The number of halogens is 2. The van der Waals surface area contributed by atoms with Gasteiger partial charge in [0.1, 0.15) is 4.38 Å². The van der Waals surface area contributed by atoms with E-state index in [4.69, 9.17) is 23.2 Å². The second kappa shape index (κ2) is 8.10. The average molecular weight is 322 g/mol. The fourth-order valence-electron chi connectivity index (χ4n) is 1.16. The van der Waals surface area contributed by atoms with Crippen LogP contribution in [0.4, 0.5) is 0 Å². The molecule has 0 N–H and O–H groups in total. The van der Waals surface area contributed by atoms with Crippen molar-refractivity contribution in [2.45, 2.75) is 13.8 Å². The predicted molar refractivity (Wildman–Crippen MR) is 84.5 cm³/mol. The van der Waals surface area contributed by atoms with Gasteiger partial charge in [0.05, 0.1) is 10.6 Å². The van der Waals surface area contributed by atoms with Gasteiger partial charge in [0.2, 0.25) is 0 Å². The molecule has 1 aromatic rings. The summed E-state index contributed by atoms with van der Waals surface area (Å²) in [7, 11) is 0. The van der Waals surface area contributed by atoms with E-state index in [0.29, 0.717) is 15.6 Å². The van der Waals surface area contributed by atoms with Gasteiger partial charge < -0.3 is 0 Å². The summed E-state index contributed by atoms with van der Waals surface area (Å²) in [6, 6.07) is 4.79. The maximum atomic E-state index is 12.0. The minimum Gasteiger partial charge on any atom is -0.267 e. The van der Waals surface area contributed by atoms with Crippen molar-refractivity contribution in [2.75, 3.05) is 11.5 Å². The number of amides is 1. The third-order valence-corrected chi connectivity index (χ3v) is 4.41. The summed E-state index contributed by atoms with van der Waals surface area (Å²) in [6.45, 7) is 4.04. The van der Waals surface area contributed by atoms with Gasteiger partial charge in [-0.3, -0.25) is 4.79 Å². The van der Waals surface area contributed by atoms with Gasteiger partial charge in [-0.15, -0.1) is 0 Å². The third kappa shape index (κ3) is 4.84. The molecular weight excluding hydrogens is 309 g/mol. The molecule has 0 heterocycles. The monoisotopic (exact) mass is 321 g/mol. The summed E-state index contributed by atoms with van der Waals surface area (Å²) < 4.78 is 0.765. The highest BCUT2D eigenvalue weighted by atomic mass is 35.5. The van der Waals surface area contributed by atoms with E-state index in [2.05, 4.69) is 4.99 Å². The lowest BCUT2D eigenvalue weighted by Gasteiger charge is -2.03. The molecular formula is C12H13Cl2NOS2. The van der Waals surface area contributed by atoms with Crippen LogP contribution in [0, 0.1) is 0 Å². The highest BCUT2D eigenvalue weighted by Gasteiger charge is 2.11. The van der Waals surface area contributed by atoms with Gasteiger partial charge in [0.15, 0.2) is 0 Å². The van der Waals surface area contributed by atoms with E-state index < -0.39 is 0 Å². The van der Waals surface area contributed by atoms with Crippen LogP contribution in [0.2, 0.25) is 10.0 Å². The lowest BCUT2D eigenvalue weighted by molar-refractivity contribution is 0.100. The zero-order valence-corrected chi connectivity index (χ0v) is 13.2. The van der Waals surface area contributed by atoms with Crippen molar-refractivity contribution in [2.24, 2.45) is 4.99 Å². The molecule has 18 heavy (non-hydrogen) atoms. The van der Waals surface area contributed by atoms with E-state index >= 15 is 0 Å². The minimum absolute atomic E-state index is 0.343. The number of carbonyl (C=O) groups is 1. The summed E-state index contributed by atoms with van der Waals surface area (Å²) in [6.07, 6.45) is 0. The van der Waals surface area contributed by atoms with Crippen molar-refractivity contribution in [3.8, 4) is 0 Å². The second-order valence-electron chi connectivity index (χ2n) is 3.17. The molecule has 0 aliphatic carbocycles. The first kappa shape index (κ1) is 15.9. The molecule has 98 valence electrons. The summed E-state index contributed by atoms with van der Waals surface area (Å²) in [4.78, 5) is 16.1. The van der Waals surface area contributed by atoms with Crippen molar-refractivity contribution in [3.05, 3.63) is 33.8 Å². The van der Waals surface area contributed by atoms with Crippen LogP contribution in [-0.4, -0.2) is 21.8 Å². The smallest absolute Gasteiger partial charge is 0.267 e. The van der Waals surface area contributed by atoms with Crippen LogP contribution in [0.15, 0.2) is 23.2 Å². The van der Waals surface area contributed by atoms with E-state index in [1.54, 1.807) is 41.7 Å². The van der Waals surface area contributed by atoms with Crippen LogP contribution in [0.3, 0.4) is 0 Å². The third-order valence-electron chi connectivity index (χ3n) is 1.89. The normalized spacial score (nSPS) is 10.2. The number of hydrogen-bond donors (Lipinski definition) is 0. The molecule has 0 saturated carbocycles. The standard InChI is InChI=1S/C12H13Cl2NOS2/c1-3-17-12(18-4-2)15-11(16)9-7-8(13)5-6-10(9)14/h5-7H,3-4H2,1-2H3. The molecule has 0 spiro atoms. The lowest BCUT2D eigenvalue weighted by atomic mass is 10.2. The van der Waals surface area contributed by atoms with Crippen LogP contribution in [0.25, 0.3) is 0 Å². The Kier molecular flexibility index (Phi) is 7.15. The molecule has 1 rings (SSSR count). The number of aliphatic imine (C=N–C) groups is 1. The lowest BCUT2D eigenvalue weighted by Crippen LogP contribution is -2.00. The quantitative estimate of drug-likeness (QED) is 0.579. The molecule has 0 atom stereocenters. The van der Waals surface area contributed by atoms with Crippen LogP contribution in [-0.2, 0) is 0 Å². The van der Waals surface area contributed by atoms with E-state index in [1.165, 1.54) is 0 Å². The average Bonchev–Trinajstić information content (AvgIpc) is 2.33. The first-order valence-electron chi connectivity index (χ1n) is 5.42. The Labute approximate surface area is 126 Å². The van der Waals surface area contributed by atoms with Crippen LogP contribution >= 0.6 is 46.7 Å². The SMILES string of the molecule is CCSC(=NC(=O)c1cc(Cl)ccc1Cl)SCC. The minimum atomic E-state index is -0.348. The predicted octanol–water partition coefficient (Wildman–Crippen LogP) is 5.00. The number of benzene rings is 1. The van der Waals surface area contributed by atoms with Gasteiger partial charge in [0.25, 0.3) is 5.91 Å². The molecule has 0 aliphatic heterocycles. The Morgan fingerprint density at radius 3 is 2.39 bits per heavy atom. The molecule has 0 aromatic heterocycles. The molecule has 2 nitrogen and oxygen atoms in total. The molecule has 0 bridgehead atoms. The van der Waals surface area contributed by atoms with Crippen molar-refractivity contribution >= 4 is 57.0 Å². The number of carbonyl (C=O) groups excluding carboxylic acids is 1. The molecule has 6 heteroatoms. The summed E-state index contributed by atoms with van der Waals surface area (Å²) >= 11 is 14.9. The molecule has 0 radical (unpaired) electrons. The second-order valence-corrected chi connectivity index (χ2v) is 6.78. The van der Waals surface area contributed by atoms with Crippen LogP contribution < -0.4 is 0 Å². The van der Waals surface area contributed by atoms with Gasteiger partial charge in [0, 0.05) is 5.02 Å². The Morgan fingerprint density at radius 1 is 1.22 bits per heavy atom. The molecule has 0 saturated heterocycles. The van der Waals surface area contributed by atoms with Gasteiger partial charge in [-0.2, -0.15) is 4.99 Å². The summed E-state index contributed by atoms with van der Waals surface area (Å²) in [5.41, 5.74) is 0.343. The number of nitrogens with zero attached hydrogens (tertiary/aromatic N) is 1. The first-order chi connectivity index (χ1) is 8.58. The van der Waals surface area contributed by atoms with Crippen LogP contribution in [0.1, 0.15) is 24.2 Å². The maximum absolute atomic E-state index is 12.0. The van der Waals surface area contributed by atoms with Crippen molar-refractivity contribution in [3.63, 3.8) is 0 Å². The number of rotatable bonds is 3. The number of hydrogen-bond acceptors (Lipinski definition) is 3. The van der Waals surface area contributed by atoms with E-state index in [9.17, 15) is 4.79 Å². The summed E-state index contributed by atoms with van der Waals surface area (Å²) in [5, 5.41) is 0.848. The Bertz CT molecular complexity index is 455. The first-order valence-corrected chi connectivity index (χ1v) is 8.14. The van der Waals surface area contributed by atoms with E-state index in [0.717, 1.165) is 15.9 Å². The Balaban J connectivity index is 2.97. The fraction of sp³-hybridized carbons (Fsp3) is 0.333. The number of thioether (sulfide) groups is 2. The molecule has 1 amide bonds. The van der Waals surface area contributed by atoms with Crippen molar-refractivity contribution < 1.29 is 4.79 Å². The zero-order chi connectivity index (χ0) is 13.5. The van der Waals surface area contributed by atoms with E-state index in [1.807, 2.05) is 13.8 Å². The van der Waals surface area contributed by atoms with Crippen LogP contribution in [0.5, 0.6) is 0 Å². The highest BCUT2D eigenvalue weighted by Crippen LogP contribution is 2.23. The largest absolute Gasteiger partial charge is 0.280 e. The van der Waals surface area contributed by atoms with Gasteiger partial charge in [-0.1, -0.05) is 60.6 Å². The van der Waals surface area contributed by atoms with E-state index in [-0.39, 0.29) is 5.91 Å². The molecule has 0 unspecified atom stereocenters. The van der Waals surface area contributed by atoms with Crippen molar-refractivity contribution in [1.82, 2.24) is 0 Å². The van der Waals surface area contributed by atoms with Gasteiger partial charge in [-0.05, 0) is 29.7 Å². The Hall–Kier alpha value is -0.160. The molecule has 1 aromatic carbocycles. The van der Waals surface area contributed by atoms with Gasteiger partial charge in [-0.25, -0.2) is 0 Å². The zero-order valence-electron chi connectivity index (χ0n) is 10.1. The van der Waals surface area contributed by atoms with Crippen molar-refractivity contribution in [1.29, 1.82) is 0 Å².